The van der Waals surface area contributed by atoms with E-state index in [4.69, 9.17) is 9.47 Å². The minimum absolute atomic E-state index is 0.0122. The summed E-state index contributed by atoms with van der Waals surface area (Å²) in [4.78, 5) is 11.4. The van der Waals surface area contributed by atoms with Crippen molar-refractivity contribution in [3.05, 3.63) is 23.8 Å². The van der Waals surface area contributed by atoms with Crippen LogP contribution in [-0.4, -0.2) is 33.2 Å². The summed E-state index contributed by atoms with van der Waals surface area (Å²) >= 11 is 0. The molecule has 0 heterocycles. The maximum absolute atomic E-state index is 11.4. The molecule has 1 unspecified atom stereocenters. The van der Waals surface area contributed by atoms with E-state index in [0.717, 1.165) is 17.1 Å². The first-order valence-electron chi connectivity index (χ1n) is 6.34. The summed E-state index contributed by atoms with van der Waals surface area (Å²) in [6, 6.07) is 5.66. The van der Waals surface area contributed by atoms with Gasteiger partial charge in [0.25, 0.3) is 0 Å². The zero-order chi connectivity index (χ0) is 14.3. The Labute approximate surface area is 114 Å². The van der Waals surface area contributed by atoms with Crippen molar-refractivity contribution in [1.82, 2.24) is 10.6 Å². The van der Waals surface area contributed by atoms with E-state index in [9.17, 15) is 4.79 Å². The van der Waals surface area contributed by atoms with Crippen LogP contribution < -0.4 is 20.1 Å². The number of methoxy groups -OCH3 is 2. The monoisotopic (exact) mass is 266 g/mol. The lowest BCUT2D eigenvalue weighted by Gasteiger charge is -2.17. The van der Waals surface area contributed by atoms with Gasteiger partial charge < -0.3 is 20.1 Å². The molecular weight excluding hydrogens is 244 g/mol. The molecule has 1 rings (SSSR count). The number of hydrogen-bond donors (Lipinski definition) is 2. The maximum Gasteiger partial charge on any atom is 0.233 e. The van der Waals surface area contributed by atoms with E-state index >= 15 is 0 Å². The fourth-order valence-electron chi connectivity index (χ4n) is 1.79. The van der Waals surface area contributed by atoms with Crippen LogP contribution in [0.5, 0.6) is 11.5 Å². The van der Waals surface area contributed by atoms with Gasteiger partial charge >= 0.3 is 0 Å². The fraction of sp³-hybridized carbons (Fsp3) is 0.500. The van der Waals surface area contributed by atoms with Gasteiger partial charge in [-0.1, -0.05) is 6.07 Å². The molecule has 0 saturated heterocycles. The quantitative estimate of drug-likeness (QED) is 0.785. The molecule has 106 valence electrons. The summed E-state index contributed by atoms with van der Waals surface area (Å²) in [5.74, 6) is 1.48. The van der Waals surface area contributed by atoms with Gasteiger partial charge in [0.05, 0.1) is 20.8 Å². The zero-order valence-electron chi connectivity index (χ0n) is 11.9. The van der Waals surface area contributed by atoms with Gasteiger partial charge in [-0.15, -0.1) is 0 Å². The largest absolute Gasteiger partial charge is 0.497 e. The molecular formula is C14H22N2O3. The second-order valence-electron chi connectivity index (χ2n) is 4.16. The van der Waals surface area contributed by atoms with Crippen molar-refractivity contribution >= 4 is 5.91 Å². The van der Waals surface area contributed by atoms with E-state index < -0.39 is 0 Å². The van der Waals surface area contributed by atoms with Crippen molar-refractivity contribution in [2.45, 2.75) is 19.9 Å². The Hall–Kier alpha value is -1.75. The Kier molecular flexibility index (Phi) is 6.15. The highest BCUT2D eigenvalue weighted by Crippen LogP contribution is 2.29. The molecule has 0 aliphatic rings. The Bertz CT molecular complexity index is 421. The van der Waals surface area contributed by atoms with Crippen LogP contribution in [0.2, 0.25) is 0 Å². The molecule has 1 aromatic carbocycles. The highest BCUT2D eigenvalue weighted by atomic mass is 16.5. The van der Waals surface area contributed by atoms with Crippen LogP contribution in [0.3, 0.4) is 0 Å². The van der Waals surface area contributed by atoms with Crippen molar-refractivity contribution in [2.75, 3.05) is 27.3 Å². The predicted octanol–water partition coefficient (Wildman–Crippen LogP) is 1.49. The number of rotatable bonds is 7. The lowest BCUT2D eigenvalue weighted by atomic mass is 10.1. The Morgan fingerprint density at radius 3 is 2.63 bits per heavy atom. The highest BCUT2D eigenvalue weighted by Gasteiger charge is 2.13. The Morgan fingerprint density at radius 1 is 1.32 bits per heavy atom. The Balaban J connectivity index is 2.70. The minimum Gasteiger partial charge on any atom is -0.497 e. The molecule has 0 aliphatic carbocycles. The van der Waals surface area contributed by atoms with Crippen LogP contribution in [0.25, 0.3) is 0 Å². The van der Waals surface area contributed by atoms with Crippen LogP contribution in [0.1, 0.15) is 25.5 Å². The molecule has 1 amide bonds. The normalized spacial score (nSPS) is 11.8. The van der Waals surface area contributed by atoms with Crippen molar-refractivity contribution in [2.24, 2.45) is 0 Å². The molecule has 1 atom stereocenters. The molecule has 19 heavy (non-hydrogen) atoms. The van der Waals surface area contributed by atoms with Crippen molar-refractivity contribution in [1.29, 1.82) is 0 Å². The number of likely N-dealkylation sites (N-methyl/N-ethyl adjacent to an activating group) is 1. The van der Waals surface area contributed by atoms with Gasteiger partial charge in [-0.05, 0) is 19.9 Å². The van der Waals surface area contributed by atoms with E-state index in [1.54, 1.807) is 14.2 Å². The number of hydrogen-bond acceptors (Lipinski definition) is 4. The van der Waals surface area contributed by atoms with E-state index in [-0.39, 0.29) is 18.5 Å². The summed E-state index contributed by atoms with van der Waals surface area (Å²) < 4.78 is 10.5. The standard InChI is InChI=1S/C14H22N2O3/c1-5-15-14(17)9-16-10(2)12-7-6-11(18-3)8-13(12)19-4/h6-8,10,16H,5,9H2,1-4H3,(H,15,17). The van der Waals surface area contributed by atoms with Crippen LogP contribution in [-0.2, 0) is 4.79 Å². The summed E-state index contributed by atoms with van der Waals surface area (Å²) in [5.41, 5.74) is 0.993. The van der Waals surface area contributed by atoms with E-state index in [0.29, 0.717) is 6.54 Å². The first-order valence-corrected chi connectivity index (χ1v) is 6.34. The van der Waals surface area contributed by atoms with Crippen LogP contribution >= 0.6 is 0 Å². The predicted molar refractivity (Wildman–Crippen MR) is 74.6 cm³/mol. The number of nitrogens with one attached hydrogen (secondary N) is 2. The van der Waals surface area contributed by atoms with E-state index in [1.807, 2.05) is 32.0 Å². The highest BCUT2D eigenvalue weighted by molar-refractivity contribution is 5.77. The van der Waals surface area contributed by atoms with Gasteiger partial charge in [0, 0.05) is 24.2 Å². The van der Waals surface area contributed by atoms with Gasteiger partial charge in [-0.2, -0.15) is 0 Å². The third-order valence-corrected chi connectivity index (χ3v) is 2.85. The topological polar surface area (TPSA) is 59.6 Å². The molecule has 0 saturated carbocycles. The molecule has 1 aromatic rings. The average Bonchev–Trinajstić information content (AvgIpc) is 2.44. The first kappa shape index (κ1) is 15.3. The van der Waals surface area contributed by atoms with Crippen LogP contribution in [0, 0.1) is 0 Å². The summed E-state index contributed by atoms with van der Waals surface area (Å²) in [6.07, 6.45) is 0. The van der Waals surface area contributed by atoms with Gasteiger partial charge in [0.15, 0.2) is 0 Å². The number of carbonyl (C=O) groups excluding carboxylic acids is 1. The molecule has 5 nitrogen and oxygen atoms in total. The van der Waals surface area contributed by atoms with Gasteiger partial charge in [-0.3, -0.25) is 4.79 Å². The van der Waals surface area contributed by atoms with E-state index in [2.05, 4.69) is 10.6 Å². The van der Waals surface area contributed by atoms with Gasteiger partial charge in [0.1, 0.15) is 11.5 Å². The molecule has 0 spiro atoms. The molecule has 0 bridgehead atoms. The number of carbonyl (C=O) groups is 1. The third-order valence-electron chi connectivity index (χ3n) is 2.85. The molecule has 0 fully saturated rings. The van der Waals surface area contributed by atoms with Crippen LogP contribution in [0.15, 0.2) is 18.2 Å². The summed E-state index contributed by atoms with van der Waals surface area (Å²) in [6.45, 7) is 4.81. The van der Waals surface area contributed by atoms with Crippen molar-refractivity contribution in [3.8, 4) is 11.5 Å². The number of benzene rings is 1. The smallest absolute Gasteiger partial charge is 0.233 e. The van der Waals surface area contributed by atoms with Crippen molar-refractivity contribution < 1.29 is 14.3 Å². The second kappa shape index (κ2) is 7.63. The summed E-state index contributed by atoms with van der Waals surface area (Å²) in [5, 5.41) is 5.91. The maximum atomic E-state index is 11.4. The van der Waals surface area contributed by atoms with Crippen LogP contribution in [0.4, 0.5) is 0 Å². The number of amides is 1. The third kappa shape index (κ3) is 4.44. The SMILES string of the molecule is CCNC(=O)CNC(C)c1ccc(OC)cc1OC. The fourth-order valence-corrected chi connectivity index (χ4v) is 1.79. The number of ether oxygens (including phenoxy) is 2. The second-order valence-corrected chi connectivity index (χ2v) is 4.16. The minimum atomic E-state index is -0.0122. The van der Waals surface area contributed by atoms with Gasteiger partial charge in [0.2, 0.25) is 5.91 Å². The van der Waals surface area contributed by atoms with Gasteiger partial charge in [-0.25, -0.2) is 0 Å². The zero-order valence-corrected chi connectivity index (χ0v) is 11.9. The molecule has 2 N–H and O–H groups in total. The van der Waals surface area contributed by atoms with Crippen molar-refractivity contribution in [3.63, 3.8) is 0 Å². The molecule has 0 radical (unpaired) electrons. The average molecular weight is 266 g/mol. The molecule has 0 aromatic heterocycles. The first-order chi connectivity index (χ1) is 9.12. The molecule has 0 aliphatic heterocycles. The molecule has 5 heteroatoms. The Morgan fingerprint density at radius 2 is 2.05 bits per heavy atom. The lowest BCUT2D eigenvalue weighted by molar-refractivity contribution is -0.120. The van der Waals surface area contributed by atoms with E-state index in [1.165, 1.54) is 0 Å². The summed E-state index contributed by atoms with van der Waals surface area (Å²) in [7, 11) is 3.24. The lowest BCUT2D eigenvalue weighted by Crippen LogP contribution is -2.34.